The number of nitrogens with zero attached hydrogens (tertiary/aromatic N) is 1. The molecule has 0 radical (unpaired) electrons. The molecule has 0 spiro atoms. The molecule has 7 nitrogen and oxygen atoms in total. The number of nitrogens with one attached hydrogen (secondary N) is 2. The van der Waals surface area contributed by atoms with Gasteiger partial charge in [-0.2, -0.15) is 5.10 Å². The topological polar surface area (TPSA) is 89.0 Å². The number of hydrogen-bond donors (Lipinski definition) is 2. The number of methoxy groups -OCH3 is 1. The van der Waals surface area contributed by atoms with Crippen LogP contribution in [0.15, 0.2) is 70.2 Å². The molecule has 9 heteroatoms. The molecule has 0 aromatic heterocycles. The van der Waals surface area contributed by atoms with E-state index < -0.39 is 11.8 Å². The van der Waals surface area contributed by atoms with Crippen molar-refractivity contribution in [2.24, 2.45) is 5.10 Å². The molecule has 0 aliphatic rings. The van der Waals surface area contributed by atoms with E-state index in [1.54, 1.807) is 43.3 Å². The maximum absolute atomic E-state index is 12.1. The number of anilines is 1. The summed E-state index contributed by atoms with van der Waals surface area (Å²) in [6, 6.07) is 18.0. The average Bonchev–Trinajstić information content (AvgIpc) is 2.80. The molecule has 33 heavy (non-hydrogen) atoms. The number of ether oxygens (including phenoxy) is 2. The van der Waals surface area contributed by atoms with Crippen molar-refractivity contribution >= 4 is 51.2 Å². The molecule has 0 saturated heterocycles. The lowest BCUT2D eigenvalue weighted by atomic mass is 10.2. The maximum Gasteiger partial charge on any atom is 0.329 e. The van der Waals surface area contributed by atoms with Gasteiger partial charge in [0.25, 0.3) is 0 Å². The van der Waals surface area contributed by atoms with Gasteiger partial charge in [-0.1, -0.05) is 39.7 Å². The number of benzene rings is 3. The van der Waals surface area contributed by atoms with Crippen LogP contribution >= 0.6 is 27.5 Å². The molecule has 0 unspecified atom stereocenters. The number of amides is 2. The zero-order valence-corrected chi connectivity index (χ0v) is 20.2. The maximum atomic E-state index is 12.1. The van der Waals surface area contributed by atoms with E-state index in [4.69, 9.17) is 21.1 Å². The summed E-state index contributed by atoms with van der Waals surface area (Å²) in [5, 5.41) is 6.90. The van der Waals surface area contributed by atoms with Crippen LogP contribution in [0.2, 0.25) is 5.02 Å². The van der Waals surface area contributed by atoms with Gasteiger partial charge in [0, 0.05) is 15.2 Å². The lowest BCUT2D eigenvalue weighted by Crippen LogP contribution is -2.32. The SMILES string of the molecule is COc1cc(C=NNC(=O)C(=O)Nc2ccc(Cl)cc2C)ccc1OCc1ccc(Br)cc1. The molecular weight excluding hydrogens is 510 g/mol. The van der Waals surface area contributed by atoms with Crippen molar-refractivity contribution in [2.45, 2.75) is 13.5 Å². The molecule has 3 aromatic carbocycles. The first kappa shape index (κ1) is 24.3. The quantitative estimate of drug-likeness (QED) is 0.253. The van der Waals surface area contributed by atoms with Gasteiger partial charge in [-0.15, -0.1) is 0 Å². The Morgan fingerprint density at radius 3 is 2.48 bits per heavy atom. The Morgan fingerprint density at radius 2 is 1.79 bits per heavy atom. The van der Waals surface area contributed by atoms with Gasteiger partial charge in [0.1, 0.15) is 6.61 Å². The first-order valence-corrected chi connectivity index (χ1v) is 11.0. The Morgan fingerprint density at radius 1 is 1.03 bits per heavy atom. The van der Waals surface area contributed by atoms with Crippen molar-refractivity contribution in [1.29, 1.82) is 0 Å². The molecule has 3 aromatic rings. The molecular formula is C24H21BrClN3O4. The molecule has 0 fully saturated rings. The van der Waals surface area contributed by atoms with Crippen LogP contribution in [0.4, 0.5) is 5.69 Å². The van der Waals surface area contributed by atoms with Crippen molar-refractivity contribution in [3.8, 4) is 11.5 Å². The number of hydrogen-bond acceptors (Lipinski definition) is 5. The molecule has 0 aliphatic heterocycles. The number of halogens is 2. The predicted molar refractivity (Wildman–Crippen MR) is 132 cm³/mol. The van der Waals surface area contributed by atoms with Crippen molar-refractivity contribution < 1.29 is 19.1 Å². The summed E-state index contributed by atoms with van der Waals surface area (Å²) in [4.78, 5) is 24.1. The summed E-state index contributed by atoms with van der Waals surface area (Å²) in [7, 11) is 1.54. The smallest absolute Gasteiger partial charge is 0.329 e. The summed E-state index contributed by atoms with van der Waals surface area (Å²) in [5.41, 5.74) is 5.10. The number of hydrazone groups is 1. The Balaban J connectivity index is 1.57. The third-order valence-electron chi connectivity index (χ3n) is 4.52. The molecule has 170 valence electrons. The number of aryl methyl sites for hydroxylation is 1. The van der Waals surface area contributed by atoms with Gasteiger partial charge in [0.15, 0.2) is 11.5 Å². The zero-order valence-electron chi connectivity index (χ0n) is 17.9. The summed E-state index contributed by atoms with van der Waals surface area (Å²) in [6.07, 6.45) is 1.40. The highest BCUT2D eigenvalue weighted by atomic mass is 79.9. The van der Waals surface area contributed by atoms with Gasteiger partial charge in [-0.25, -0.2) is 5.43 Å². The monoisotopic (exact) mass is 529 g/mol. The van der Waals surface area contributed by atoms with Crippen molar-refractivity contribution in [3.63, 3.8) is 0 Å². The van der Waals surface area contributed by atoms with Gasteiger partial charge < -0.3 is 14.8 Å². The number of rotatable bonds is 7. The fourth-order valence-electron chi connectivity index (χ4n) is 2.79. The molecule has 0 atom stereocenters. The van der Waals surface area contributed by atoms with Gasteiger partial charge in [-0.05, 0) is 72.1 Å². The lowest BCUT2D eigenvalue weighted by molar-refractivity contribution is -0.136. The average molecular weight is 531 g/mol. The van der Waals surface area contributed by atoms with E-state index in [2.05, 4.69) is 31.8 Å². The zero-order chi connectivity index (χ0) is 23.8. The Labute approximate surface area is 204 Å². The van der Waals surface area contributed by atoms with E-state index >= 15 is 0 Å². The van der Waals surface area contributed by atoms with Crippen LogP contribution in [-0.2, 0) is 16.2 Å². The van der Waals surface area contributed by atoms with Gasteiger partial charge in [-0.3, -0.25) is 9.59 Å². The second kappa shape index (κ2) is 11.5. The van der Waals surface area contributed by atoms with Crippen LogP contribution in [0.1, 0.15) is 16.7 Å². The highest BCUT2D eigenvalue weighted by Gasteiger charge is 2.14. The first-order valence-electron chi connectivity index (χ1n) is 9.81. The molecule has 3 rings (SSSR count). The Hall–Kier alpha value is -3.36. The van der Waals surface area contributed by atoms with E-state index in [-0.39, 0.29) is 0 Å². The lowest BCUT2D eigenvalue weighted by Gasteiger charge is -2.11. The summed E-state index contributed by atoms with van der Waals surface area (Å²) >= 11 is 9.30. The Kier molecular flexibility index (Phi) is 8.46. The number of carbonyl (C=O) groups excluding carboxylic acids is 2. The standard InChI is InChI=1S/C24H21BrClN3O4/c1-15-11-19(26)8-9-20(15)28-23(30)24(31)29-27-13-17-5-10-21(22(12-17)32-2)33-14-16-3-6-18(25)7-4-16/h3-13H,14H2,1-2H3,(H,28,30)(H,29,31). The van der Waals surface area contributed by atoms with E-state index in [0.717, 1.165) is 15.6 Å². The van der Waals surface area contributed by atoms with Crippen LogP contribution in [-0.4, -0.2) is 25.1 Å². The molecule has 2 amide bonds. The summed E-state index contributed by atoms with van der Waals surface area (Å²) < 4.78 is 12.2. The fraction of sp³-hybridized carbons (Fsp3) is 0.125. The fourth-order valence-corrected chi connectivity index (χ4v) is 3.28. The molecule has 0 saturated carbocycles. The highest BCUT2D eigenvalue weighted by molar-refractivity contribution is 9.10. The van der Waals surface area contributed by atoms with Crippen LogP contribution in [0.5, 0.6) is 11.5 Å². The third kappa shape index (κ3) is 7.06. The van der Waals surface area contributed by atoms with E-state index in [1.807, 2.05) is 24.3 Å². The van der Waals surface area contributed by atoms with E-state index in [0.29, 0.717) is 34.4 Å². The first-order chi connectivity index (χ1) is 15.9. The molecule has 0 bridgehead atoms. The summed E-state index contributed by atoms with van der Waals surface area (Å²) in [6.45, 7) is 2.16. The third-order valence-corrected chi connectivity index (χ3v) is 5.28. The normalized spacial score (nSPS) is 10.7. The van der Waals surface area contributed by atoms with E-state index in [1.165, 1.54) is 13.3 Å². The second-order valence-corrected chi connectivity index (χ2v) is 8.29. The van der Waals surface area contributed by atoms with Crippen LogP contribution in [0, 0.1) is 6.92 Å². The van der Waals surface area contributed by atoms with Crippen molar-refractivity contribution in [1.82, 2.24) is 5.43 Å². The minimum atomic E-state index is -0.901. The van der Waals surface area contributed by atoms with Gasteiger partial charge in [0.2, 0.25) is 0 Å². The van der Waals surface area contributed by atoms with Crippen LogP contribution in [0.3, 0.4) is 0 Å². The molecule has 0 aliphatic carbocycles. The molecule has 0 heterocycles. The van der Waals surface area contributed by atoms with Crippen molar-refractivity contribution in [2.75, 3.05) is 12.4 Å². The van der Waals surface area contributed by atoms with E-state index in [9.17, 15) is 9.59 Å². The Bertz CT molecular complexity index is 1180. The van der Waals surface area contributed by atoms with Crippen molar-refractivity contribution in [3.05, 3.63) is 86.8 Å². The molecule has 2 N–H and O–H groups in total. The van der Waals surface area contributed by atoms with Gasteiger partial charge in [0.05, 0.1) is 13.3 Å². The minimum Gasteiger partial charge on any atom is -0.493 e. The number of carbonyl (C=O) groups is 2. The second-order valence-electron chi connectivity index (χ2n) is 6.94. The largest absolute Gasteiger partial charge is 0.493 e. The summed E-state index contributed by atoms with van der Waals surface area (Å²) in [5.74, 6) is -0.661. The predicted octanol–water partition coefficient (Wildman–Crippen LogP) is 5.09. The van der Waals surface area contributed by atoms with Crippen LogP contribution < -0.4 is 20.2 Å². The highest BCUT2D eigenvalue weighted by Crippen LogP contribution is 2.28. The minimum absolute atomic E-state index is 0.384. The van der Waals surface area contributed by atoms with Gasteiger partial charge >= 0.3 is 11.8 Å². The van der Waals surface area contributed by atoms with Crippen LogP contribution in [0.25, 0.3) is 0 Å².